The van der Waals surface area contributed by atoms with Gasteiger partial charge in [-0.05, 0) is 19.8 Å². The summed E-state index contributed by atoms with van der Waals surface area (Å²) in [6.07, 6.45) is 6.58. The average molecular weight is 234 g/mol. The normalized spacial score (nSPS) is 16.9. The number of hydrogen-bond acceptors (Lipinski definition) is 4. The van der Waals surface area contributed by atoms with Gasteiger partial charge in [0.05, 0.1) is 0 Å². The summed E-state index contributed by atoms with van der Waals surface area (Å²) in [6.45, 7) is 1.94. The first-order valence-corrected chi connectivity index (χ1v) is 6.44. The lowest BCUT2D eigenvalue weighted by atomic mass is 9.95. The van der Waals surface area contributed by atoms with E-state index in [-0.39, 0.29) is 0 Å². The van der Waals surface area contributed by atoms with Crippen LogP contribution < -0.4 is 10.2 Å². The molecule has 1 fully saturated rings. The molecule has 1 aliphatic carbocycles. The Morgan fingerprint density at radius 1 is 1.18 bits per heavy atom. The Kier molecular flexibility index (Phi) is 3.82. The van der Waals surface area contributed by atoms with Crippen molar-refractivity contribution in [3.05, 3.63) is 11.9 Å². The highest BCUT2D eigenvalue weighted by molar-refractivity contribution is 5.48. The third-order valence-corrected chi connectivity index (χ3v) is 3.24. The van der Waals surface area contributed by atoms with E-state index in [2.05, 4.69) is 15.3 Å². The van der Waals surface area contributed by atoms with Crippen molar-refractivity contribution in [3.63, 3.8) is 0 Å². The fraction of sp³-hybridized carbons (Fsp3) is 0.692. The van der Waals surface area contributed by atoms with Gasteiger partial charge in [0.25, 0.3) is 0 Å². The molecule has 0 aliphatic heterocycles. The molecule has 0 amide bonds. The maximum absolute atomic E-state index is 4.46. The van der Waals surface area contributed by atoms with Crippen LogP contribution in [0.5, 0.6) is 0 Å². The number of aryl methyl sites for hydroxylation is 1. The van der Waals surface area contributed by atoms with Crippen LogP contribution in [0.2, 0.25) is 0 Å². The first-order chi connectivity index (χ1) is 8.15. The molecule has 2 rings (SSSR count). The van der Waals surface area contributed by atoms with Gasteiger partial charge in [0, 0.05) is 26.2 Å². The second-order valence-corrected chi connectivity index (χ2v) is 5.03. The Bertz CT molecular complexity index is 370. The van der Waals surface area contributed by atoms with E-state index >= 15 is 0 Å². The Hall–Kier alpha value is -1.32. The van der Waals surface area contributed by atoms with Crippen LogP contribution in [0, 0.1) is 6.92 Å². The highest BCUT2D eigenvalue weighted by Gasteiger charge is 2.14. The molecule has 1 N–H and O–H groups in total. The number of hydrogen-bond donors (Lipinski definition) is 1. The van der Waals surface area contributed by atoms with Crippen molar-refractivity contribution in [1.82, 2.24) is 9.97 Å². The van der Waals surface area contributed by atoms with Gasteiger partial charge < -0.3 is 10.2 Å². The topological polar surface area (TPSA) is 41.1 Å². The largest absolute Gasteiger partial charge is 0.367 e. The second kappa shape index (κ2) is 5.34. The summed E-state index contributed by atoms with van der Waals surface area (Å²) in [6, 6.07) is 2.62. The lowest BCUT2D eigenvalue weighted by Gasteiger charge is -2.24. The predicted molar refractivity (Wildman–Crippen MR) is 71.6 cm³/mol. The van der Waals surface area contributed by atoms with Gasteiger partial charge in [-0.3, -0.25) is 0 Å². The maximum atomic E-state index is 4.46. The SMILES string of the molecule is Cc1nc(NC2CCCCC2)cc(N(C)C)n1. The van der Waals surface area contributed by atoms with Gasteiger partial charge in [0.15, 0.2) is 0 Å². The molecule has 4 nitrogen and oxygen atoms in total. The van der Waals surface area contributed by atoms with Gasteiger partial charge in [-0.15, -0.1) is 0 Å². The Morgan fingerprint density at radius 3 is 2.53 bits per heavy atom. The lowest BCUT2D eigenvalue weighted by Crippen LogP contribution is -2.23. The van der Waals surface area contributed by atoms with Crippen LogP contribution in [0.15, 0.2) is 6.07 Å². The summed E-state index contributed by atoms with van der Waals surface area (Å²) in [5.41, 5.74) is 0. The minimum Gasteiger partial charge on any atom is -0.367 e. The predicted octanol–water partition coefficient (Wildman–Crippen LogP) is 2.60. The molecule has 0 unspecified atom stereocenters. The van der Waals surface area contributed by atoms with E-state index in [4.69, 9.17) is 0 Å². The van der Waals surface area contributed by atoms with E-state index in [1.807, 2.05) is 32.0 Å². The smallest absolute Gasteiger partial charge is 0.133 e. The summed E-state index contributed by atoms with van der Waals surface area (Å²) in [4.78, 5) is 10.9. The Balaban J connectivity index is 2.09. The lowest BCUT2D eigenvalue weighted by molar-refractivity contribution is 0.461. The zero-order valence-corrected chi connectivity index (χ0v) is 11.0. The van der Waals surface area contributed by atoms with Gasteiger partial charge in [0.1, 0.15) is 17.5 Å². The van der Waals surface area contributed by atoms with Crippen LogP contribution >= 0.6 is 0 Å². The Labute approximate surface area is 103 Å². The number of aromatic nitrogens is 2. The molecule has 1 aromatic rings. The van der Waals surface area contributed by atoms with Crippen LogP contribution in [0.3, 0.4) is 0 Å². The molecule has 0 bridgehead atoms. The fourth-order valence-corrected chi connectivity index (χ4v) is 2.31. The van der Waals surface area contributed by atoms with Crippen molar-refractivity contribution in [2.75, 3.05) is 24.3 Å². The molecule has 1 aliphatic rings. The summed E-state index contributed by atoms with van der Waals surface area (Å²) in [5.74, 6) is 2.76. The fourth-order valence-electron chi connectivity index (χ4n) is 2.31. The number of rotatable bonds is 3. The van der Waals surface area contributed by atoms with Crippen molar-refractivity contribution in [2.45, 2.75) is 45.1 Å². The molecule has 0 spiro atoms. The van der Waals surface area contributed by atoms with E-state index in [9.17, 15) is 0 Å². The molecule has 0 aromatic carbocycles. The maximum Gasteiger partial charge on any atom is 0.133 e. The highest BCUT2D eigenvalue weighted by atomic mass is 15.2. The molecule has 17 heavy (non-hydrogen) atoms. The van der Waals surface area contributed by atoms with Crippen LogP contribution in [-0.4, -0.2) is 30.1 Å². The zero-order chi connectivity index (χ0) is 12.3. The van der Waals surface area contributed by atoms with Crippen LogP contribution in [0.1, 0.15) is 37.9 Å². The number of nitrogens with one attached hydrogen (secondary N) is 1. The first kappa shape index (κ1) is 12.1. The number of anilines is 2. The van der Waals surface area contributed by atoms with Crippen molar-refractivity contribution in [2.24, 2.45) is 0 Å². The molecule has 1 saturated carbocycles. The molecule has 0 saturated heterocycles. The van der Waals surface area contributed by atoms with Crippen LogP contribution in [0.4, 0.5) is 11.6 Å². The van der Waals surface area contributed by atoms with Gasteiger partial charge in [0.2, 0.25) is 0 Å². The number of nitrogens with zero attached hydrogens (tertiary/aromatic N) is 3. The summed E-state index contributed by atoms with van der Waals surface area (Å²) in [5, 5.41) is 3.54. The van der Waals surface area contributed by atoms with E-state index < -0.39 is 0 Å². The van der Waals surface area contributed by atoms with Crippen molar-refractivity contribution >= 4 is 11.6 Å². The summed E-state index contributed by atoms with van der Waals surface area (Å²) in [7, 11) is 4.01. The van der Waals surface area contributed by atoms with E-state index in [1.54, 1.807) is 0 Å². The first-order valence-electron chi connectivity index (χ1n) is 6.44. The minimum absolute atomic E-state index is 0.591. The third kappa shape index (κ3) is 3.32. The Morgan fingerprint density at radius 2 is 1.88 bits per heavy atom. The third-order valence-electron chi connectivity index (χ3n) is 3.24. The van der Waals surface area contributed by atoms with Gasteiger partial charge >= 0.3 is 0 Å². The highest BCUT2D eigenvalue weighted by Crippen LogP contribution is 2.22. The average Bonchev–Trinajstić information content (AvgIpc) is 2.29. The quantitative estimate of drug-likeness (QED) is 0.872. The summed E-state index contributed by atoms with van der Waals surface area (Å²) < 4.78 is 0. The van der Waals surface area contributed by atoms with Gasteiger partial charge in [-0.2, -0.15) is 0 Å². The molecule has 4 heteroatoms. The zero-order valence-electron chi connectivity index (χ0n) is 11.0. The monoisotopic (exact) mass is 234 g/mol. The molecule has 1 heterocycles. The molecule has 1 aromatic heterocycles. The van der Waals surface area contributed by atoms with Crippen LogP contribution in [-0.2, 0) is 0 Å². The van der Waals surface area contributed by atoms with E-state index in [1.165, 1.54) is 32.1 Å². The van der Waals surface area contributed by atoms with Crippen molar-refractivity contribution in [3.8, 4) is 0 Å². The van der Waals surface area contributed by atoms with Crippen molar-refractivity contribution in [1.29, 1.82) is 0 Å². The van der Waals surface area contributed by atoms with Gasteiger partial charge in [-0.25, -0.2) is 9.97 Å². The van der Waals surface area contributed by atoms with E-state index in [0.717, 1.165) is 17.5 Å². The van der Waals surface area contributed by atoms with Crippen molar-refractivity contribution < 1.29 is 0 Å². The summed E-state index contributed by atoms with van der Waals surface area (Å²) >= 11 is 0. The molecular formula is C13H22N4. The molecule has 94 valence electrons. The standard InChI is InChI=1S/C13H22N4/c1-10-14-12(9-13(15-10)17(2)3)16-11-7-5-4-6-8-11/h9,11H,4-8H2,1-3H3,(H,14,15,16). The molecule has 0 radical (unpaired) electrons. The second-order valence-electron chi connectivity index (χ2n) is 5.03. The van der Waals surface area contributed by atoms with E-state index in [0.29, 0.717) is 6.04 Å². The van der Waals surface area contributed by atoms with Crippen LogP contribution in [0.25, 0.3) is 0 Å². The van der Waals surface area contributed by atoms with Gasteiger partial charge in [-0.1, -0.05) is 19.3 Å². The minimum atomic E-state index is 0.591. The molecule has 0 atom stereocenters. The molecular weight excluding hydrogens is 212 g/mol.